The van der Waals surface area contributed by atoms with Crippen LogP contribution in [0, 0.1) is 16.7 Å². The molecule has 0 spiro atoms. The number of rotatable bonds is 6. The Bertz CT molecular complexity index is 338. The van der Waals surface area contributed by atoms with Crippen LogP contribution < -0.4 is 4.72 Å². The normalized spacial score (nSPS) is 14.4. The number of sulfonamides is 1. The highest BCUT2D eigenvalue weighted by Gasteiger charge is 2.28. The molecule has 1 N–H and O–H groups in total. The Morgan fingerprint density at radius 3 is 2.38 bits per heavy atom. The van der Waals surface area contributed by atoms with Crippen LogP contribution in [-0.2, 0) is 14.8 Å². The van der Waals surface area contributed by atoms with Crippen LogP contribution in [-0.4, -0.2) is 33.4 Å². The van der Waals surface area contributed by atoms with E-state index in [2.05, 4.69) is 4.72 Å². The molecule has 16 heavy (non-hydrogen) atoms. The summed E-state index contributed by atoms with van der Waals surface area (Å²) in [5.41, 5.74) is -0.423. The zero-order chi connectivity index (χ0) is 12.8. The van der Waals surface area contributed by atoms with Gasteiger partial charge in [-0.3, -0.25) is 0 Å². The van der Waals surface area contributed by atoms with Crippen LogP contribution in [0.4, 0.5) is 0 Å². The summed E-state index contributed by atoms with van der Waals surface area (Å²) in [6, 6.07) is 1.23. The molecule has 0 unspecified atom stereocenters. The Morgan fingerprint density at radius 2 is 2.00 bits per heavy atom. The zero-order valence-corrected chi connectivity index (χ0v) is 11.1. The molecule has 0 saturated carbocycles. The van der Waals surface area contributed by atoms with Gasteiger partial charge in [0.05, 0.1) is 18.4 Å². The second-order valence-electron chi connectivity index (χ2n) is 4.56. The van der Waals surface area contributed by atoms with Gasteiger partial charge < -0.3 is 4.74 Å². The minimum Gasteiger partial charge on any atom is -0.381 e. The molecule has 0 aliphatic rings. The van der Waals surface area contributed by atoms with E-state index in [-0.39, 0.29) is 12.4 Å². The van der Waals surface area contributed by atoms with Gasteiger partial charge in [0.1, 0.15) is 6.04 Å². The lowest BCUT2D eigenvalue weighted by Gasteiger charge is -2.25. The maximum absolute atomic E-state index is 11.6. The van der Waals surface area contributed by atoms with Crippen LogP contribution in [0.3, 0.4) is 0 Å². The Hall–Kier alpha value is -0.640. The molecule has 0 aliphatic heterocycles. The van der Waals surface area contributed by atoms with Crippen LogP contribution in [0.25, 0.3) is 0 Å². The summed E-state index contributed by atoms with van der Waals surface area (Å²) < 4.78 is 30.5. The number of nitrogens with zero attached hydrogens (tertiary/aromatic N) is 1. The predicted octanol–water partition coefficient (Wildman–Crippen LogP) is 0.881. The maximum Gasteiger partial charge on any atom is 0.215 e. The van der Waals surface area contributed by atoms with Crippen LogP contribution in [0.2, 0.25) is 0 Å². The van der Waals surface area contributed by atoms with Crippen molar-refractivity contribution >= 4 is 10.0 Å². The third-order valence-electron chi connectivity index (χ3n) is 1.99. The molecule has 0 rings (SSSR count). The number of hydrogen-bond donors (Lipinski definition) is 1. The average Bonchev–Trinajstić information content (AvgIpc) is 2.12. The molecule has 0 amide bonds. The van der Waals surface area contributed by atoms with Gasteiger partial charge in [-0.1, -0.05) is 20.8 Å². The van der Waals surface area contributed by atoms with Gasteiger partial charge in [-0.15, -0.1) is 0 Å². The molecule has 0 aromatic heterocycles. The molecular weight excluding hydrogens is 228 g/mol. The molecule has 0 bridgehead atoms. The predicted molar refractivity (Wildman–Crippen MR) is 62.3 cm³/mol. The van der Waals surface area contributed by atoms with Gasteiger partial charge >= 0.3 is 0 Å². The van der Waals surface area contributed by atoms with Gasteiger partial charge in [-0.25, -0.2) is 8.42 Å². The summed E-state index contributed by atoms with van der Waals surface area (Å²) in [6.45, 7) is 7.86. The Kier molecular flexibility index (Phi) is 5.94. The van der Waals surface area contributed by atoms with Crippen molar-refractivity contribution in [2.24, 2.45) is 5.41 Å². The van der Waals surface area contributed by atoms with Crippen LogP contribution in [0.15, 0.2) is 0 Å². The van der Waals surface area contributed by atoms with E-state index in [4.69, 9.17) is 10.00 Å². The quantitative estimate of drug-likeness (QED) is 0.708. The largest absolute Gasteiger partial charge is 0.381 e. The van der Waals surface area contributed by atoms with Crippen molar-refractivity contribution in [3.05, 3.63) is 0 Å². The van der Waals surface area contributed by atoms with Crippen molar-refractivity contribution in [3.63, 3.8) is 0 Å². The second kappa shape index (κ2) is 6.18. The number of ether oxygens (including phenoxy) is 1. The highest BCUT2D eigenvalue weighted by Crippen LogP contribution is 2.19. The first kappa shape index (κ1) is 15.4. The number of nitrogens with one attached hydrogen (secondary N) is 1. The molecule has 0 aliphatic carbocycles. The van der Waals surface area contributed by atoms with E-state index < -0.39 is 21.5 Å². The van der Waals surface area contributed by atoms with Crippen LogP contribution in [0.5, 0.6) is 0 Å². The Balaban J connectivity index is 4.41. The first-order chi connectivity index (χ1) is 7.23. The van der Waals surface area contributed by atoms with Crippen molar-refractivity contribution in [1.82, 2.24) is 4.72 Å². The third-order valence-corrected chi connectivity index (χ3v) is 3.29. The molecule has 0 aromatic carbocycles. The molecule has 6 heteroatoms. The fourth-order valence-electron chi connectivity index (χ4n) is 0.948. The number of nitriles is 1. The fraction of sp³-hybridized carbons (Fsp3) is 0.900. The Morgan fingerprint density at radius 1 is 1.44 bits per heavy atom. The summed E-state index contributed by atoms with van der Waals surface area (Å²) in [6.07, 6.45) is 0. The molecule has 5 nitrogen and oxygen atoms in total. The fourth-order valence-corrected chi connectivity index (χ4v) is 2.17. The molecule has 0 fully saturated rings. The van der Waals surface area contributed by atoms with Crippen molar-refractivity contribution in [2.75, 3.05) is 19.0 Å². The maximum atomic E-state index is 11.6. The standard InChI is InChI=1S/C10H20N2O3S/c1-5-15-6-7-16(13,14)12-9(8-11)10(2,3)4/h9,12H,5-7H2,1-4H3/t9-/m0/s1. The van der Waals surface area contributed by atoms with Crippen LogP contribution in [0.1, 0.15) is 27.7 Å². The van der Waals surface area contributed by atoms with Crippen LogP contribution >= 0.6 is 0 Å². The lowest BCUT2D eigenvalue weighted by molar-refractivity contribution is 0.163. The summed E-state index contributed by atoms with van der Waals surface area (Å²) in [7, 11) is -3.45. The van der Waals surface area contributed by atoms with E-state index >= 15 is 0 Å². The summed E-state index contributed by atoms with van der Waals surface area (Å²) in [4.78, 5) is 0. The minimum atomic E-state index is -3.45. The second-order valence-corrected chi connectivity index (χ2v) is 6.44. The lowest BCUT2D eigenvalue weighted by Crippen LogP contribution is -2.44. The van der Waals surface area contributed by atoms with Crippen molar-refractivity contribution in [2.45, 2.75) is 33.7 Å². The molecule has 0 aromatic rings. The van der Waals surface area contributed by atoms with Crippen molar-refractivity contribution in [1.29, 1.82) is 5.26 Å². The zero-order valence-electron chi connectivity index (χ0n) is 10.3. The van der Waals surface area contributed by atoms with Crippen molar-refractivity contribution in [3.8, 4) is 6.07 Å². The molecule has 1 atom stereocenters. The molecular formula is C10H20N2O3S. The molecule has 94 valence electrons. The van der Waals surface area contributed by atoms with E-state index in [1.807, 2.05) is 26.8 Å². The third kappa shape index (κ3) is 6.05. The van der Waals surface area contributed by atoms with Gasteiger partial charge in [-0.2, -0.15) is 9.98 Å². The Labute approximate surface area is 97.8 Å². The first-order valence-electron chi connectivity index (χ1n) is 5.20. The van der Waals surface area contributed by atoms with Gasteiger partial charge in [0.25, 0.3) is 0 Å². The molecule has 0 saturated heterocycles. The van der Waals surface area contributed by atoms with Gasteiger partial charge in [0.2, 0.25) is 10.0 Å². The monoisotopic (exact) mass is 248 g/mol. The number of hydrogen-bond acceptors (Lipinski definition) is 4. The molecule has 0 radical (unpaired) electrons. The van der Waals surface area contributed by atoms with E-state index in [0.29, 0.717) is 6.61 Å². The summed E-state index contributed by atoms with van der Waals surface area (Å²) in [5, 5.41) is 8.89. The van der Waals surface area contributed by atoms with Gasteiger partial charge in [-0.05, 0) is 12.3 Å². The topological polar surface area (TPSA) is 79.2 Å². The van der Waals surface area contributed by atoms with E-state index in [1.54, 1.807) is 6.92 Å². The first-order valence-corrected chi connectivity index (χ1v) is 6.85. The van der Waals surface area contributed by atoms with Crippen molar-refractivity contribution < 1.29 is 13.2 Å². The minimum absolute atomic E-state index is 0.116. The highest BCUT2D eigenvalue weighted by atomic mass is 32.2. The van der Waals surface area contributed by atoms with Gasteiger partial charge in [0, 0.05) is 6.61 Å². The lowest BCUT2D eigenvalue weighted by atomic mass is 9.88. The average molecular weight is 248 g/mol. The highest BCUT2D eigenvalue weighted by molar-refractivity contribution is 7.89. The van der Waals surface area contributed by atoms with E-state index in [1.165, 1.54) is 0 Å². The molecule has 0 heterocycles. The van der Waals surface area contributed by atoms with E-state index in [0.717, 1.165) is 0 Å². The van der Waals surface area contributed by atoms with E-state index in [9.17, 15) is 8.42 Å². The summed E-state index contributed by atoms with van der Waals surface area (Å²) in [5.74, 6) is -0.116. The SMILES string of the molecule is CCOCCS(=O)(=O)N[C@@H](C#N)C(C)(C)C. The summed E-state index contributed by atoms with van der Waals surface area (Å²) >= 11 is 0. The van der Waals surface area contributed by atoms with Gasteiger partial charge in [0.15, 0.2) is 0 Å². The smallest absolute Gasteiger partial charge is 0.215 e.